The molecule has 0 saturated heterocycles. The van der Waals surface area contributed by atoms with Crippen LogP contribution in [0.2, 0.25) is 0 Å². The predicted octanol–water partition coefficient (Wildman–Crippen LogP) is 3.27. The van der Waals surface area contributed by atoms with Gasteiger partial charge in [-0.05, 0) is 42.3 Å². The van der Waals surface area contributed by atoms with Crippen molar-refractivity contribution >= 4 is 17.2 Å². The third-order valence-electron chi connectivity index (χ3n) is 3.91. The highest BCUT2D eigenvalue weighted by Crippen LogP contribution is 2.16. The van der Waals surface area contributed by atoms with Gasteiger partial charge in [0.15, 0.2) is 0 Å². The molecule has 2 rings (SSSR count). The standard InChI is InChI=1S/C18H24N2O2S/c1-2-16(14-21)20(13-15-6-4-10-19-12-15)18(22)9-3-7-17-8-5-11-23-17/h4-6,8,10-12,16,21H,2-3,7,9,13-14H2,1H3/t16-/m0/s1. The molecule has 2 aromatic heterocycles. The van der Waals surface area contributed by atoms with Crippen LogP contribution in [0.3, 0.4) is 0 Å². The van der Waals surface area contributed by atoms with Gasteiger partial charge in [0.2, 0.25) is 5.91 Å². The van der Waals surface area contributed by atoms with Gasteiger partial charge >= 0.3 is 0 Å². The molecular formula is C18H24N2O2S. The van der Waals surface area contributed by atoms with Crippen LogP contribution in [0.4, 0.5) is 0 Å². The van der Waals surface area contributed by atoms with Gasteiger partial charge in [-0.2, -0.15) is 0 Å². The fraction of sp³-hybridized carbons (Fsp3) is 0.444. The SMILES string of the molecule is CC[C@@H](CO)N(Cc1cccnc1)C(=O)CCCc1cccs1. The van der Waals surface area contributed by atoms with E-state index in [1.54, 1.807) is 28.6 Å². The highest BCUT2D eigenvalue weighted by molar-refractivity contribution is 7.09. The molecule has 0 radical (unpaired) electrons. The predicted molar refractivity (Wildman–Crippen MR) is 93.2 cm³/mol. The number of aryl methyl sites for hydroxylation is 1. The molecule has 0 aliphatic heterocycles. The Morgan fingerprint density at radius 1 is 1.39 bits per heavy atom. The molecule has 0 aliphatic carbocycles. The summed E-state index contributed by atoms with van der Waals surface area (Å²) in [5.41, 5.74) is 0.992. The third-order valence-corrected chi connectivity index (χ3v) is 4.85. The van der Waals surface area contributed by atoms with Crippen molar-refractivity contribution in [1.82, 2.24) is 9.88 Å². The highest BCUT2D eigenvalue weighted by atomic mass is 32.1. The molecule has 4 nitrogen and oxygen atoms in total. The van der Waals surface area contributed by atoms with Gasteiger partial charge in [0, 0.05) is 30.2 Å². The number of aliphatic hydroxyl groups excluding tert-OH is 1. The van der Waals surface area contributed by atoms with E-state index in [4.69, 9.17) is 0 Å². The minimum atomic E-state index is -0.135. The quantitative estimate of drug-likeness (QED) is 0.767. The molecule has 0 saturated carbocycles. The molecule has 5 heteroatoms. The Balaban J connectivity index is 1.96. The third kappa shape index (κ3) is 5.44. The van der Waals surface area contributed by atoms with Gasteiger partial charge in [0.25, 0.3) is 0 Å². The first-order chi connectivity index (χ1) is 11.2. The fourth-order valence-corrected chi connectivity index (χ4v) is 3.32. The van der Waals surface area contributed by atoms with Crippen LogP contribution in [-0.4, -0.2) is 33.5 Å². The maximum absolute atomic E-state index is 12.6. The zero-order valence-corrected chi connectivity index (χ0v) is 14.3. The first-order valence-electron chi connectivity index (χ1n) is 8.06. The van der Waals surface area contributed by atoms with Crippen LogP contribution in [0.15, 0.2) is 42.0 Å². The number of nitrogens with zero attached hydrogens (tertiary/aromatic N) is 2. The summed E-state index contributed by atoms with van der Waals surface area (Å²) < 4.78 is 0. The minimum Gasteiger partial charge on any atom is -0.394 e. The van der Waals surface area contributed by atoms with E-state index in [0.29, 0.717) is 13.0 Å². The van der Waals surface area contributed by atoms with E-state index in [0.717, 1.165) is 24.8 Å². The molecule has 1 N–H and O–H groups in total. The maximum Gasteiger partial charge on any atom is 0.223 e. The van der Waals surface area contributed by atoms with E-state index in [2.05, 4.69) is 16.4 Å². The average molecular weight is 332 g/mol. The monoisotopic (exact) mass is 332 g/mol. The van der Waals surface area contributed by atoms with E-state index < -0.39 is 0 Å². The van der Waals surface area contributed by atoms with Gasteiger partial charge < -0.3 is 10.0 Å². The summed E-state index contributed by atoms with van der Waals surface area (Å²) >= 11 is 1.73. The second-order valence-corrected chi connectivity index (χ2v) is 6.59. The van der Waals surface area contributed by atoms with Gasteiger partial charge in [-0.1, -0.05) is 19.1 Å². The molecule has 23 heavy (non-hydrogen) atoms. The summed E-state index contributed by atoms with van der Waals surface area (Å²) in [6, 6.07) is 7.84. The summed E-state index contributed by atoms with van der Waals surface area (Å²) in [5.74, 6) is 0.103. The maximum atomic E-state index is 12.6. The van der Waals surface area contributed by atoms with Crippen LogP contribution >= 0.6 is 11.3 Å². The summed E-state index contributed by atoms with van der Waals surface area (Å²) in [7, 11) is 0. The number of aliphatic hydroxyl groups is 1. The smallest absolute Gasteiger partial charge is 0.223 e. The molecule has 0 fully saturated rings. The number of carbonyl (C=O) groups is 1. The Bertz CT molecular complexity index is 568. The van der Waals surface area contributed by atoms with Crippen molar-refractivity contribution in [3.05, 3.63) is 52.5 Å². The molecule has 0 aliphatic rings. The van der Waals surface area contributed by atoms with Crippen LogP contribution in [0.5, 0.6) is 0 Å². The van der Waals surface area contributed by atoms with Crippen LogP contribution < -0.4 is 0 Å². The molecule has 0 unspecified atom stereocenters. The minimum absolute atomic E-state index is 0.00652. The van der Waals surface area contributed by atoms with E-state index in [9.17, 15) is 9.90 Å². The Labute approximate surface area is 141 Å². The van der Waals surface area contributed by atoms with Crippen molar-refractivity contribution in [3.63, 3.8) is 0 Å². The summed E-state index contributed by atoms with van der Waals surface area (Å²) in [4.78, 5) is 19.8. The first kappa shape index (κ1) is 17.6. The molecule has 0 spiro atoms. The van der Waals surface area contributed by atoms with Crippen LogP contribution in [0, 0.1) is 0 Å². The molecule has 2 aromatic rings. The van der Waals surface area contributed by atoms with Crippen LogP contribution in [0.1, 0.15) is 36.6 Å². The molecule has 0 bridgehead atoms. The zero-order valence-electron chi connectivity index (χ0n) is 13.5. The van der Waals surface area contributed by atoms with Crippen LogP contribution in [0.25, 0.3) is 0 Å². The number of amides is 1. The number of hydrogen-bond acceptors (Lipinski definition) is 4. The number of carbonyl (C=O) groups excluding carboxylic acids is 1. The Morgan fingerprint density at radius 3 is 2.87 bits per heavy atom. The first-order valence-corrected chi connectivity index (χ1v) is 8.94. The molecule has 1 amide bonds. The molecule has 2 heterocycles. The normalized spacial score (nSPS) is 12.1. The van der Waals surface area contributed by atoms with Gasteiger partial charge in [-0.15, -0.1) is 11.3 Å². The average Bonchev–Trinajstić information content (AvgIpc) is 3.09. The van der Waals surface area contributed by atoms with Gasteiger partial charge in [0.1, 0.15) is 0 Å². The largest absolute Gasteiger partial charge is 0.394 e. The number of thiophene rings is 1. The topological polar surface area (TPSA) is 53.4 Å². The summed E-state index contributed by atoms with van der Waals surface area (Å²) in [6.45, 7) is 2.49. The summed E-state index contributed by atoms with van der Waals surface area (Å²) in [6.07, 6.45) is 6.52. The van der Waals surface area contributed by atoms with E-state index in [1.165, 1.54) is 4.88 Å². The highest BCUT2D eigenvalue weighted by Gasteiger charge is 2.21. The Kier molecular flexibility index (Phi) is 7.23. The Hall–Kier alpha value is -1.72. The van der Waals surface area contributed by atoms with Gasteiger partial charge in [0.05, 0.1) is 12.6 Å². The lowest BCUT2D eigenvalue weighted by atomic mass is 10.1. The van der Waals surface area contributed by atoms with Crippen molar-refractivity contribution < 1.29 is 9.90 Å². The lowest BCUT2D eigenvalue weighted by Crippen LogP contribution is -2.41. The number of pyridine rings is 1. The van der Waals surface area contributed by atoms with Crippen molar-refractivity contribution in [3.8, 4) is 0 Å². The number of aromatic nitrogens is 1. The summed E-state index contributed by atoms with van der Waals surface area (Å²) in [5, 5.41) is 11.7. The van der Waals surface area contributed by atoms with Crippen molar-refractivity contribution in [2.24, 2.45) is 0 Å². The van der Waals surface area contributed by atoms with E-state index >= 15 is 0 Å². The zero-order chi connectivity index (χ0) is 16.5. The second kappa shape index (κ2) is 9.43. The van der Waals surface area contributed by atoms with Gasteiger partial charge in [-0.3, -0.25) is 9.78 Å². The lowest BCUT2D eigenvalue weighted by Gasteiger charge is -2.30. The van der Waals surface area contributed by atoms with Crippen molar-refractivity contribution in [2.75, 3.05) is 6.61 Å². The number of rotatable bonds is 9. The Morgan fingerprint density at radius 2 is 2.26 bits per heavy atom. The number of hydrogen-bond donors (Lipinski definition) is 1. The second-order valence-electron chi connectivity index (χ2n) is 5.56. The lowest BCUT2D eigenvalue weighted by molar-refractivity contribution is -0.135. The molecule has 1 atom stereocenters. The van der Waals surface area contributed by atoms with E-state index in [-0.39, 0.29) is 18.6 Å². The van der Waals surface area contributed by atoms with Crippen LogP contribution in [-0.2, 0) is 17.8 Å². The molecule has 0 aromatic carbocycles. The van der Waals surface area contributed by atoms with Crippen molar-refractivity contribution in [1.29, 1.82) is 0 Å². The molecular weight excluding hydrogens is 308 g/mol. The van der Waals surface area contributed by atoms with Crippen molar-refractivity contribution in [2.45, 2.75) is 45.2 Å². The molecule has 124 valence electrons. The fourth-order valence-electron chi connectivity index (χ4n) is 2.57. The van der Waals surface area contributed by atoms with Gasteiger partial charge in [-0.25, -0.2) is 0 Å². The van der Waals surface area contributed by atoms with E-state index in [1.807, 2.05) is 25.1 Å².